The third-order valence-corrected chi connectivity index (χ3v) is 4.19. The Morgan fingerprint density at radius 2 is 1.88 bits per heavy atom. The van der Waals surface area contributed by atoms with E-state index < -0.39 is 18.0 Å². The second kappa shape index (κ2) is 6.61. The summed E-state index contributed by atoms with van der Waals surface area (Å²) in [5.74, 6) is -1.45. The van der Waals surface area contributed by atoms with E-state index in [4.69, 9.17) is 20.8 Å². The molecular formula is C19H14ClO5-. The van der Waals surface area contributed by atoms with E-state index in [0.717, 1.165) is 11.1 Å². The van der Waals surface area contributed by atoms with Crippen molar-refractivity contribution in [2.45, 2.75) is 13.8 Å². The minimum absolute atomic E-state index is 0.167. The number of ether oxygens (including phenoxy) is 1. The van der Waals surface area contributed by atoms with Crippen molar-refractivity contribution in [2.24, 2.45) is 0 Å². The van der Waals surface area contributed by atoms with Gasteiger partial charge >= 0.3 is 0 Å². The highest BCUT2D eigenvalue weighted by Gasteiger charge is 2.18. The predicted octanol–water partition coefficient (Wildman–Crippen LogP) is 2.86. The van der Waals surface area contributed by atoms with Gasteiger partial charge in [-0.1, -0.05) is 41.4 Å². The number of aryl methyl sites for hydroxylation is 2. The van der Waals surface area contributed by atoms with Crippen LogP contribution in [0.15, 0.2) is 45.6 Å². The summed E-state index contributed by atoms with van der Waals surface area (Å²) in [4.78, 5) is 23.6. The van der Waals surface area contributed by atoms with Gasteiger partial charge in [0.15, 0.2) is 5.76 Å². The Morgan fingerprint density at radius 1 is 1.20 bits per heavy atom. The van der Waals surface area contributed by atoms with Crippen molar-refractivity contribution in [2.75, 3.05) is 6.61 Å². The Hall–Kier alpha value is -2.79. The maximum absolute atomic E-state index is 12.8. The topological polar surface area (TPSA) is 79.6 Å². The molecule has 0 bridgehead atoms. The molecule has 0 atom stereocenters. The van der Waals surface area contributed by atoms with Crippen molar-refractivity contribution < 1.29 is 19.1 Å². The van der Waals surface area contributed by atoms with Crippen LogP contribution in [0.25, 0.3) is 22.3 Å². The Labute approximate surface area is 148 Å². The van der Waals surface area contributed by atoms with Gasteiger partial charge in [-0.2, -0.15) is 0 Å². The van der Waals surface area contributed by atoms with E-state index >= 15 is 0 Å². The van der Waals surface area contributed by atoms with Crippen LogP contribution in [0.1, 0.15) is 11.1 Å². The molecule has 0 amide bonds. The molecule has 1 heterocycles. The Bertz CT molecular complexity index is 1020. The maximum Gasteiger partial charge on any atom is 0.235 e. The molecule has 5 nitrogen and oxygen atoms in total. The molecule has 0 radical (unpaired) electrons. The number of carbonyl (C=O) groups is 1. The standard InChI is InChI=1S/C19H15ClO5/c1-10-3-5-12(6-4-10)18-19(24-9-16(21)22)17(23)13-8-14(20)11(2)7-15(13)25-18/h3-8H,9H2,1-2H3,(H,21,22)/p-1. The van der Waals surface area contributed by atoms with Crippen LogP contribution in [0.5, 0.6) is 5.75 Å². The number of fused-ring (bicyclic) bond motifs is 1. The highest BCUT2D eigenvalue weighted by molar-refractivity contribution is 6.32. The van der Waals surface area contributed by atoms with Gasteiger partial charge < -0.3 is 19.1 Å². The first kappa shape index (κ1) is 17.0. The molecule has 0 spiro atoms. The van der Waals surface area contributed by atoms with E-state index in [-0.39, 0.29) is 16.9 Å². The van der Waals surface area contributed by atoms with Gasteiger partial charge in [-0.3, -0.25) is 4.79 Å². The highest BCUT2D eigenvalue weighted by Crippen LogP contribution is 2.32. The molecule has 25 heavy (non-hydrogen) atoms. The van der Waals surface area contributed by atoms with E-state index in [1.54, 1.807) is 25.1 Å². The number of carboxylic acid groups (broad SMARTS) is 1. The average molecular weight is 358 g/mol. The molecule has 0 fully saturated rings. The Balaban J connectivity index is 2.29. The zero-order chi connectivity index (χ0) is 18.1. The number of rotatable bonds is 4. The SMILES string of the molecule is Cc1ccc(-c2oc3cc(C)c(Cl)cc3c(=O)c2OCC(=O)[O-])cc1. The largest absolute Gasteiger partial charge is 0.546 e. The van der Waals surface area contributed by atoms with Gasteiger partial charge in [-0.15, -0.1) is 0 Å². The minimum Gasteiger partial charge on any atom is -0.546 e. The maximum atomic E-state index is 12.8. The summed E-state index contributed by atoms with van der Waals surface area (Å²) in [5.41, 5.74) is 2.26. The number of benzene rings is 2. The number of carbonyl (C=O) groups excluding carboxylic acids is 1. The first-order valence-electron chi connectivity index (χ1n) is 7.53. The number of hydrogen-bond donors (Lipinski definition) is 0. The van der Waals surface area contributed by atoms with Crippen LogP contribution in [-0.4, -0.2) is 12.6 Å². The van der Waals surface area contributed by atoms with Gasteiger partial charge in [0.2, 0.25) is 11.2 Å². The number of halogens is 1. The van der Waals surface area contributed by atoms with E-state index in [1.165, 1.54) is 6.07 Å². The normalized spacial score (nSPS) is 10.8. The highest BCUT2D eigenvalue weighted by atomic mass is 35.5. The monoisotopic (exact) mass is 357 g/mol. The van der Waals surface area contributed by atoms with Crippen LogP contribution in [0.3, 0.4) is 0 Å². The van der Waals surface area contributed by atoms with Crippen LogP contribution in [0.2, 0.25) is 5.02 Å². The minimum atomic E-state index is -1.43. The lowest BCUT2D eigenvalue weighted by atomic mass is 10.1. The first-order chi connectivity index (χ1) is 11.9. The predicted molar refractivity (Wildman–Crippen MR) is 92.9 cm³/mol. The molecule has 3 rings (SSSR count). The fourth-order valence-corrected chi connectivity index (χ4v) is 2.62. The third kappa shape index (κ3) is 3.37. The van der Waals surface area contributed by atoms with Gasteiger partial charge in [-0.05, 0) is 31.5 Å². The zero-order valence-electron chi connectivity index (χ0n) is 13.6. The lowest BCUT2D eigenvalue weighted by molar-refractivity contribution is -0.307. The molecule has 2 aromatic carbocycles. The van der Waals surface area contributed by atoms with Crippen LogP contribution in [0, 0.1) is 13.8 Å². The van der Waals surface area contributed by atoms with Crippen LogP contribution in [-0.2, 0) is 4.79 Å². The first-order valence-corrected chi connectivity index (χ1v) is 7.91. The molecule has 0 aliphatic carbocycles. The Kier molecular flexibility index (Phi) is 4.51. The van der Waals surface area contributed by atoms with E-state index in [9.17, 15) is 14.7 Å². The quantitative estimate of drug-likeness (QED) is 0.717. The summed E-state index contributed by atoms with van der Waals surface area (Å²) in [6, 6.07) is 10.4. The number of hydrogen-bond acceptors (Lipinski definition) is 5. The lowest BCUT2D eigenvalue weighted by Gasteiger charge is -2.13. The molecule has 0 saturated heterocycles. The molecule has 6 heteroatoms. The Morgan fingerprint density at radius 3 is 2.52 bits per heavy atom. The van der Waals surface area contributed by atoms with Crippen molar-refractivity contribution >= 4 is 28.5 Å². The van der Waals surface area contributed by atoms with Crippen molar-refractivity contribution in [3.8, 4) is 17.1 Å². The fraction of sp³-hybridized carbons (Fsp3) is 0.158. The van der Waals surface area contributed by atoms with E-state index in [2.05, 4.69) is 0 Å². The van der Waals surface area contributed by atoms with Gasteiger partial charge in [0.1, 0.15) is 12.2 Å². The van der Waals surface area contributed by atoms with Crippen LogP contribution >= 0.6 is 11.6 Å². The molecule has 1 aromatic heterocycles. The fourth-order valence-electron chi connectivity index (χ4n) is 2.46. The van der Waals surface area contributed by atoms with Gasteiger partial charge in [0.25, 0.3) is 0 Å². The molecule has 128 valence electrons. The molecule has 0 aliphatic rings. The number of carboxylic acids is 1. The summed E-state index contributed by atoms with van der Waals surface area (Å²) >= 11 is 6.09. The lowest BCUT2D eigenvalue weighted by Crippen LogP contribution is -2.30. The van der Waals surface area contributed by atoms with E-state index in [0.29, 0.717) is 16.2 Å². The van der Waals surface area contributed by atoms with E-state index in [1.807, 2.05) is 19.1 Å². The average Bonchev–Trinajstić information content (AvgIpc) is 2.56. The van der Waals surface area contributed by atoms with Crippen molar-refractivity contribution in [1.29, 1.82) is 0 Å². The summed E-state index contributed by atoms with van der Waals surface area (Å²) in [6.07, 6.45) is 0. The van der Waals surface area contributed by atoms with Gasteiger partial charge in [0.05, 0.1) is 11.4 Å². The van der Waals surface area contributed by atoms with Crippen molar-refractivity contribution in [1.82, 2.24) is 0 Å². The van der Waals surface area contributed by atoms with Gasteiger partial charge in [-0.25, -0.2) is 0 Å². The molecular weight excluding hydrogens is 344 g/mol. The molecule has 0 aliphatic heterocycles. The van der Waals surface area contributed by atoms with Crippen molar-refractivity contribution in [3.05, 3.63) is 62.8 Å². The smallest absolute Gasteiger partial charge is 0.235 e. The number of aliphatic carboxylic acids is 1. The van der Waals surface area contributed by atoms with Crippen molar-refractivity contribution in [3.63, 3.8) is 0 Å². The summed E-state index contributed by atoms with van der Waals surface area (Å²) in [6.45, 7) is 2.97. The summed E-state index contributed by atoms with van der Waals surface area (Å²) in [7, 11) is 0. The third-order valence-electron chi connectivity index (χ3n) is 3.78. The van der Waals surface area contributed by atoms with Gasteiger partial charge in [0, 0.05) is 10.6 Å². The van der Waals surface area contributed by atoms with Crippen LogP contribution in [0.4, 0.5) is 0 Å². The van der Waals surface area contributed by atoms with Crippen LogP contribution < -0.4 is 15.3 Å². The second-order valence-corrected chi connectivity index (χ2v) is 6.12. The zero-order valence-corrected chi connectivity index (χ0v) is 14.3. The summed E-state index contributed by atoms with van der Waals surface area (Å²) < 4.78 is 11.1. The second-order valence-electron chi connectivity index (χ2n) is 5.71. The molecule has 3 aromatic rings. The molecule has 0 saturated carbocycles. The molecule has 0 N–H and O–H groups in total. The summed E-state index contributed by atoms with van der Waals surface area (Å²) in [5, 5.41) is 11.4. The molecule has 0 unspecified atom stereocenters.